The summed E-state index contributed by atoms with van der Waals surface area (Å²) in [6, 6.07) is 1.67. The predicted octanol–water partition coefficient (Wildman–Crippen LogP) is 2.79. The maximum atomic E-state index is 11.9. The van der Waals surface area contributed by atoms with Crippen molar-refractivity contribution in [1.82, 2.24) is 4.98 Å². The summed E-state index contributed by atoms with van der Waals surface area (Å²) in [7, 11) is 1.37. The van der Waals surface area contributed by atoms with Crippen molar-refractivity contribution in [3.8, 4) is 0 Å². The molecule has 0 aliphatic heterocycles. The Kier molecular flexibility index (Phi) is 5.10. The van der Waals surface area contributed by atoms with Gasteiger partial charge in [0.2, 0.25) is 0 Å². The van der Waals surface area contributed by atoms with Crippen LogP contribution in [-0.2, 0) is 16.0 Å². The van der Waals surface area contributed by atoms with Crippen molar-refractivity contribution in [2.45, 2.75) is 26.2 Å². The van der Waals surface area contributed by atoms with Crippen molar-refractivity contribution >= 4 is 28.3 Å². The maximum Gasteiger partial charge on any atom is 0.305 e. The first-order valence-electron chi connectivity index (χ1n) is 6.46. The van der Waals surface area contributed by atoms with Crippen LogP contribution in [0.25, 0.3) is 0 Å². The minimum Gasteiger partial charge on any atom is -0.469 e. The fourth-order valence-corrected chi connectivity index (χ4v) is 2.47. The van der Waals surface area contributed by atoms with Gasteiger partial charge in [0.05, 0.1) is 18.4 Å². The standard InChI is InChI=1S/C14H16N2O4S/c1-9-6-10(7-20-9)13(18)16-14-15-11(8-21-14)4-3-5-12(17)19-2/h6-8H,3-5H2,1-2H3,(H,15,16,18). The van der Waals surface area contributed by atoms with Gasteiger partial charge in [-0.2, -0.15) is 0 Å². The van der Waals surface area contributed by atoms with E-state index in [1.165, 1.54) is 24.7 Å². The number of aromatic nitrogens is 1. The minimum absolute atomic E-state index is 0.228. The molecule has 2 heterocycles. The Morgan fingerprint density at radius 3 is 2.95 bits per heavy atom. The number of nitrogens with one attached hydrogen (secondary N) is 1. The molecule has 1 N–H and O–H groups in total. The van der Waals surface area contributed by atoms with Gasteiger partial charge in [0.25, 0.3) is 5.91 Å². The normalized spacial score (nSPS) is 10.4. The predicted molar refractivity (Wildman–Crippen MR) is 78.5 cm³/mol. The van der Waals surface area contributed by atoms with E-state index in [1.807, 2.05) is 5.38 Å². The van der Waals surface area contributed by atoms with Crippen LogP contribution in [-0.4, -0.2) is 24.0 Å². The highest BCUT2D eigenvalue weighted by Crippen LogP contribution is 2.18. The summed E-state index contributed by atoms with van der Waals surface area (Å²) >= 11 is 1.35. The van der Waals surface area contributed by atoms with Gasteiger partial charge in [0.15, 0.2) is 5.13 Å². The first kappa shape index (κ1) is 15.2. The molecule has 2 aromatic rings. The van der Waals surface area contributed by atoms with E-state index in [0.29, 0.717) is 35.7 Å². The molecule has 6 nitrogen and oxygen atoms in total. The van der Waals surface area contributed by atoms with E-state index < -0.39 is 0 Å². The molecule has 0 radical (unpaired) electrons. The largest absolute Gasteiger partial charge is 0.469 e. The third-order valence-electron chi connectivity index (χ3n) is 2.81. The topological polar surface area (TPSA) is 81.4 Å². The average molecular weight is 308 g/mol. The van der Waals surface area contributed by atoms with E-state index in [1.54, 1.807) is 13.0 Å². The third kappa shape index (κ3) is 4.42. The zero-order valence-corrected chi connectivity index (χ0v) is 12.7. The van der Waals surface area contributed by atoms with E-state index in [4.69, 9.17) is 4.42 Å². The number of hydrogen-bond acceptors (Lipinski definition) is 6. The Balaban J connectivity index is 1.85. The van der Waals surface area contributed by atoms with Crippen LogP contribution >= 0.6 is 11.3 Å². The van der Waals surface area contributed by atoms with E-state index in [0.717, 1.165) is 5.69 Å². The van der Waals surface area contributed by atoms with E-state index in [-0.39, 0.29) is 11.9 Å². The number of rotatable bonds is 6. The number of carbonyl (C=O) groups excluding carboxylic acids is 2. The van der Waals surface area contributed by atoms with E-state index in [9.17, 15) is 9.59 Å². The maximum absolute atomic E-state index is 11.9. The van der Waals surface area contributed by atoms with Gasteiger partial charge >= 0.3 is 5.97 Å². The van der Waals surface area contributed by atoms with E-state index in [2.05, 4.69) is 15.0 Å². The third-order valence-corrected chi connectivity index (χ3v) is 3.61. The Morgan fingerprint density at radius 2 is 2.29 bits per heavy atom. The van der Waals surface area contributed by atoms with Crippen molar-refractivity contribution in [2.75, 3.05) is 12.4 Å². The first-order chi connectivity index (χ1) is 10.1. The van der Waals surface area contributed by atoms with Gasteiger partial charge in [-0.25, -0.2) is 4.98 Å². The molecule has 0 atom stereocenters. The minimum atomic E-state index is -0.248. The van der Waals surface area contributed by atoms with Gasteiger partial charge in [-0.3, -0.25) is 14.9 Å². The molecule has 0 bridgehead atoms. The van der Waals surface area contributed by atoms with Gasteiger partial charge < -0.3 is 9.15 Å². The Labute approximate surface area is 126 Å². The molecular weight excluding hydrogens is 292 g/mol. The highest BCUT2D eigenvalue weighted by Gasteiger charge is 2.11. The fraction of sp³-hybridized carbons (Fsp3) is 0.357. The summed E-state index contributed by atoms with van der Waals surface area (Å²) < 4.78 is 9.67. The van der Waals surface area contributed by atoms with Crippen LogP contribution in [0.2, 0.25) is 0 Å². The number of anilines is 1. The highest BCUT2D eigenvalue weighted by atomic mass is 32.1. The van der Waals surface area contributed by atoms with Gasteiger partial charge in [0, 0.05) is 11.8 Å². The Bertz CT molecular complexity index is 632. The van der Waals surface area contributed by atoms with Crippen molar-refractivity contribution < 1.29 is 18.7 Å². The highest BCUT2D eigenvalue weighted by molar-refractivity contribution is 7.13. The van der Waals surface area contributed by atoms with Crippen molar-refractivity contribution in [2.24, 2.45) is 0 Å². The summed E-state index contributed by atoms with van der Waals surface area (Å²) in [6.07, 6.45) is 3.12. The number of methoxy groups -OCH3 is 1. The summed E-state index contributed by atoms with van der Waals surface area (Å²) in [4.78, 5) is 27.2. The number of thiazole rings is 1. The molecule has 0 saturated heterocycles. The summed E-state index contributed by atoms with van der Waals surface area (Å²) in [5.74, 6) is 0.208. The molecule has 0 aliphatic rings. The molecule has 2 rings (SSSR count). The molecule has 0 fully saturated rings. The number of esters is 1. The molecule has 0 spiro atoms. The van der Waals surface area contributed by atoms with Crippen LogP contribution in [0.5, 0.6) is 0 Å². The van der Waals surface area contributed by atoms with Crippen LogP contribution in [0, 0.1) is 6.92 Å². The first-order valence-corrected chi connectivity index (χ1v) is 7.34. The SMILES string of the molecule is COC(=O)CCCc1csc(NC(=O)c2coc(C)c2)n1. The number of amides is 1. The molecule has 2 aromatic heterocycles. The van der Waals surface area contributed by atoms with Crippen LogP contribution in [0.15, 0.2) is 22.1 Å². The molecule has 112 valence electrons. The number of furan rings is 1. The van der Waals surface area contributed by atoms with Crippen molar-refractivity contribution in [3.05, 3.63) is 34.7 Å². The molecule has 0 unspecified atom stereocenters. The quantitative estimate of drug-likeness (QED) is 0.830. The van der Waals surface area contributed by atoms with Crippen molar-refractivity contribution in [1.29, 1.82) is 0 Å². The molecule has 21 heavy (non-hydrogen) atoms. The van der Waals surface area contributed by atoms with E-state index >= 15 is 0 Å². The smallest absolute Gasteiger partial charge is 0.305 e. The Hall–Kier alpha value is -2.15. The van der Waals surface area contributed by atoms with Gasteiger partial charge in [0.1, 0.15) is 12.0 Å². The fourth-order valence-electron chi connectivity index (χ4n) is 1.73. The van der Waals surface area contributed by atoms with Gasteiger partial charge in [-0.05, 0) is 25.8 Å². The zero-order chi connectivity index (χ0) is 15.2. The molecule has 0 saturated carbocycles. The van der Waals surface area contributed by atoms with Crippen LogP contribution in [0.1, 0.15) is 34.7 Å². The van der Waals surface area contributed by atoms with Crippen LogP contribution in [0.3, 0.4) is 0 Å². The second kappa shape index (κ2) is 7.03. The number of aryl methyl sites for hydroxylation is 2. The molecular formula is C14H16N2O4S. The summed E-state index contributed by atoms with van der Waals surface area (Å²) in [5, 5.41) is 5.12. The average Bonchev–Trinajstić information content (AvgIpc) is 3.08. The number of carbonyl (C=O) groups is 2. The van der Waals surface area contributed by atoms with Gasteiger partial charge in [-0.1, -0.05) is 0 Å². The molecule has 1 amide bonds. The van der Waals surface area contributed by atoms with Crippen LogP contribution < -0.4 is 5.32 Å². The molecule has 7 heteroatoms. The molecule has 0 aliphatic carbocycles. The zero-order valence-electron chi connectivity index (χ0n) is 11.8. The molecule has 0 aromatic carbocycles. The lowest BCUT2D eigenvalue weighted by molar-refractivity contribution is -0.140. The number of ether oxygens (including phenoxy) is 1. The lowest BCUT2D eigenvalue weighted by Crippen LogP contribution is -2.10. The monoisotopic (exact) mass is 308 g/mol. The lowest BCUT2D eigenvalue weighted by Gasteiger charge is -1.98. The lowest BCUT2D eigenvalue weighted by atomic mass is 10.2. The van der Waals surface area contributed by atoms with Gasteiger partial charge in [-0.15, -0.1) is 11.3 Å². The summed E-state index contributed by atoms with van der Waals surface area (Å²) in [6.45, 7) is 1.78. The van der Waals surface area contributed by atoms with Crippen molar-refractivity contribution in [3.63, 3.8) is 0 Å². The second-order valence-corrected chi connectivity index (χ2v) is 5.33. The number of hydrogen-bond donors (Lipinski definition) is 1. The Morgan fingerprint density at radius 1 is 1.48 bits per heavy atom. The number of nitrogens with zero attached hydrogens (tertiary/aromatic N) is 1. The second-order valence-electron chi connectivity index (χ2n) is 4.47. The van der Waals surface area contributed by atoms with Crippen LogP contribution in [0.4, 0.5) is 5.13 Å². The summed E-state index contributed by atoms with van der Waals surface area (Å²) in [5.41, 5.74) is 1.32.